The Kier molecular flexibility index (Phi) is 10.4. The molecule has 0 spiro atoms. The normalized spacial score (nSPS) is 12.1. The fraction of sp³-hybridized carbons (Fsp3) is 0.152. The maximum absolute atomic E-state index is 13.8. The van der Waals surface area contributed by atoms with Crippen LogP contribution in [0, 0.1) is 18.1 Å². The topological polar surface area (TPSA) is 43.6 Å². The summed E-state index contributed by atoms with van der Waals surface area (Å²) in [6, 6.07) is 46.9. The average molecular weight is 920 g/mol. The molecule has 0 saturated carbocycles. The predicted octanol–water partition coefficient (Wildman–Crippen LogP) is 11.8. The Morgan fingerprint density at radius 3 is 2.28 bits per heavy atom. The van der Waals surface area contributed by atoms with E-state index in [1.165, 1.54) is 33.5 Å². The number of hydrogen-bond donors (Lipinski definition) is 0. The zero-order valence-electron chi connectivity index (χ0n) is 31.7. The number of thiophene rings is 1. The number of aromatic nitrogens is 4. The van der Waals surface area contributed by atoms with Gasteiger partial charge in [-0.3, -0.25) is 4.98 Å². The van der Waals surface area contributed by atoms with E-state index in [0.717, 1.165) is 60.1 Å². The van der Waals surface area contributed by atoms with Gasteiger partial charge in [0.05, 0.1) is 24.9 Å². The molecular weight excluding hydrogens is 880 g/mol. The molecule has 4 aromatic heterocycles. The van der Waals surface area contributed by atoms with Crippen molar-refractivity contribution in [3.8, 4) is 22.6 Å². The summed E-state index contributed by atoms with van der Waals surface area (Å²) in [4.78, 5) is 14.5. The van der Waals surface area contributed by atoms with E-state index < -0.39 is 19.9 Å². The Hall–Kier alpha value is -4.85. The molecule has 0 saturated heterocycles. The van der Waals surface area contributed by atoms with E-state index in [1.807, 2.05) is 68.6 Å². The van der Waals surface area contributed by atoms with Crippen LogP contribution in [-0.2, 0) is 26.7 Å². The molecule has 0 N–H and O–H groups in total. The Morgan fingerprint density at radius 2 is 1.56 bits per heavy atom. The first kappa shape index (κ1) is 36.1. The van der Waals surface area contributed by atoms with Gasteiger partial charge >= 0.3 is 0 Å². The summed E-state index contributed by atoms with van der Waals surface area (Å²) in [5, 5.41) is 5.61. The zero-order valence-corrected chi connectivity index (χ0v) is 35.0. The Labute approximate surface area is 335 Å². The van der Waals surface area contributed by atoms with Crippen LogP contribution in [0.5, 0.6) is 0 Å². The molecule has 9 rings (SSSR count). The first-order valence-corrected chi connectivity index (χ1v) is 22.1. The average Bonchev–Trinajstić information content (AvgIpc) is 3.71. The van der Waals surface area contributed by atoms with Crippen LogP contribution in [0.15, 0.2) is 128 Å². The van der Waals surface area contributed by atoms with Crippen molar-refractivity contribution < 1.29 is 25.9 Å². The summed E-state index contributed by atoms with van der Waals surface area (Å²) in [5.74, 6) is -0.221. The molecule has 0 amide bonds. The van der Waals surface area contributed by atoms with Crippen molar-refractivity contribution in [1.82, 2.24) is 19.5 Å². The van der Waals surface area contributed by atoms with Crippen LogP contribution in [-0.4, -0.2) is 27.6 Å². The quantitative estimate of drug-likeness (QED) is 0.0948. The van der Waals surface area contributed by atoms with Crippen LogP contribution in [0.2, 0.25) is 19.6 Å². The fourth-order valence-electron chi connectivity index (χ4n) is 6.86. The maximum Gasteiger partial charge on any atom is 0.214 e. The predicted molar refractivity (Wildman–Crippen MR) is 223 cm³/mol. The molecule has 54 heavy (non-hydrogen) atoms. The Bertz CT molecular complexity index is 2790. The van der Waals surface area contributed by atoms with Gasteiger partial charge in [0.2, 0.25) is 5.95 Å². The van der Waals surface area contributed by atoms with Gasteiger partial charge in [-0.25, -0.2) is 4.98 Å². The van der Waals surface area contributed by atoms with Gasteiger partial charge in [-0.05, 0) is 62.1 Å². The van der Waals surface area contributed by atoms with Gasteiger partial charge < -0.3 is 9.55 Å². The number of rotatable bonds is 6. The molecule has 0 aliphatic rings. The maximum atomic E-state index is 13.8. The van der Waals surface area contributed by atoms with Gasteiger partial charge in [0.25, 0.3) is 0 Å². The number of halogens is 1. The molecule has 0 aliphatic heterocycles. The molecule has 4 nitrogen and oxygen atoms in total. The van der Waals surface area contributed by atoms with Crippen LogP contribution >= 0.6 is 11.3 Å². The van der Waals surface area contributed by atoms with Gasteiger partial charge in [-0.1, -0.05) is 111 Å². The minimum Gasteiger partial charge on any atom is -0.360 e. The van der Waals surface area contributed by atoms with Gasteiger partial charge in [0.1, 0.15) is 4.83 Å². The SMILES string of the molecule is Fc1ccc2c(n1)sc1c(-c3nc4cc5ccccc5cc4n3Cc3ccccc3)[c-]ccc12.[2H]C(C)(C)c1cc(-c2[c-]cccc2)ncc1[Si](C)(C)C.[Ir]. The van der Waals surface area contributed by atoms with Crippen molar-refractivity contribution in [3.05, 3.63) is 157 Å². The van der Waals surface area contributed by atoms with E-state index in [4.69, 9.17) is 6.35 Å². The smallest absolute Gasteiger partial charge is 0.214 e. The third-order valence-electron chi connectivity index (χ3n) is 9.52. The first-order valence-electron chi connectivity index (χ1n) is 18.2. The summed E-state index contributed by atoms with van der Waals surface area (Å²) in [7, 11) is -1.50. The second kappa shape index (κ2) is 15.5. The van der Waals surface area contributed by atoms with Crippen LogP contribution < -0.4 is 5.19 Å². The largest absolute Gasteiger partial charge is 0.360 e. The Morgan fingerprint density at radius 1 is 0.815 bits per heavy atom. The second-order valence-electron chi connectivity index (χ2n) is 14.5. The Balaban J connectivity index is 0.000000191. The van der Waals surface area contributed by atoms with Crippen molar-refractivity contribution >= 4 is 66.7 Å². The van der Waals surface area contributed by atoms with Crippen molar-refractivity contribution in [1.29, 1.82) is 0 Å². The number of fused-ring (bicyclic) bond motifs is 5. The standard InChI is InChI=1S/C29H17FN3S.C17H22NSi.Ir/c30-26-14-13-22-21-11-6-12-23(27(21)34-29(22)32-26)28-31-24-15-19-9-4-5-10-20(19)16-25(24)33(28)17-18-7-2-1-3-8-18;1-13(2)15-11-16(14-9-7-6-8-10-14)18-12-17(15)19(3,4)5;/h1-11,13-16H,17H2;6-9,11-13H,1-5H3;/q2*-1;/i;13D;. The molecule has 271 valence electrons. The van der Waals surface area contributed by atoms with E-state index in [9.17, 15) is 4.39 Å². The summed E-state index contributed by atoms with van der Waals surface area (Å²) >= 11 is 1.49. The molecule has 0 aliphatic carbocycles. The minimum atomic E-state index is -1.50. The van der Waals surface area contributed by atoms with Gasteiger partial charge in [0.15, 0.2) is 0 Å². The molecule has 0 fully saturated rings. The second-order valence-corrected chi connectivity index (χ2v) is 20.6. The van der Waals surface area contributed by atoms with E-state index in [2.05, 4.69) is 107 Å². The van der Waals surface area contributed by atoms with E-state index >= 15 is 0 Å². The molecule has 0 unspecified atom stereocenters. The molecule has 8 heteroatoms. The minimum absolute atomic E-state index is 0. The molecule has 0 atom stereocenters. The van der Waals surface area contributed by atoms with Gasteiger partial charge in [-0.2, -0.15) is 15.7 Å². The van der Waals surface area contributed by atoms with Crippen molar-refractivity contribution in [2.45, 2.75) is 45.9 Å². The summed E-state index contributed by atoms with van der Waals surface area (Å²) in [6.07, 6.45) is 1.98. The third kappa shape index (κ3) is 7.44. The number of pyridine rings is 2. The van der Waals surface area contributed by atoms with Gasteiger partial charge in [0, 0.05) is 39.6 Å². The van der Waals surface area contributed by atoms with E-state index in [0.29, 0.717) is 11.4 Å². The van der Waals surface area contributed by atoms with Crippen molar-refractivity contribution in [2.75, 3.05) is 0 Å². The molecule has 4 heterocycles. The summed E-state index contributed by atoms with van der Waals surface area (Å²) < 4.78 is 25.6. The fourth-order valence-corrected chi connectivity index (χ4v) is 9.60. The summed E-state index contributed by atoms with van der Waals surface area (Å²) in [6.45, 7) is 11.5. The van der Waals surface area contributed by atoms with Crippen molar-refractivity contribution in [2.24, 2.45) is 0 Å². The molecule has 5 aromatic carbocycles. The monoisotopic (exact) mass is 920 g/mol. The van der Waals surface area contributed by atoms with E-state index in [-0.39, 0.29) is 20.1 Å². The number of benzene rings is 5. The van der Waals surface area contributed by atoms with Crippen LogP contribution in [0.1, 0.15) is 32.2 Å². The van der Waals surface area contributed by atoms with Crippen LogP contribution in [0.25, 0.3) is 64.8 Å². The van der Waals surface area contributed by atoms with Crippen LogP contribution in [0.3, 0.4) is 0 Å². The third-order valence-corrected chi connectivity index (χ3v) is 12.7. The van der Waals surface area contributed by atoms with E-state index in [1.54, 1.807) is 6.07 Å². The van der Waals surface area contributed by atoms with Gasteiger partial charge in [-0.15, -0.1) is 54.1 Å². The van der Waals surface area contributed by atoms with Crippen molar-refractivity contribution in [3.63, 3.8) is 0 Å². The summed E-state index contributed by atoms with van der Waals surface area (Å²) in [5.41, 5.74) is 7.12. The first-order chi connectivity index (χ1) is 25.9. The molecule has 0 bridgehead atoms. The number of imidazole rings is 1. The molecule has 1 radical (unpaired) electrons. The molecule has 9 aromatic rings. The zero-order chi connectivity index (χ0) is 37.6. The van der Waals surface area contributed by atoms with Crippen LogP contribution in [0.4, 0.5) is 4.39 Å². The molecular formula is C46H39FIrN4SSi-2. The number of nitrogens with zero attached hydrogens (tertiary/aromatic N) is 4. The number of hydrogen-bond acceptors (Lipinski definition) is 4.